The molecular formula is C16H31NO. The molecule has 0 heterocycles. The van der Waals surface area contributed by atoms with Crippen molar-refractivity contribution in [2.45, 2.75) is 83.3 Å². The summed E-state index contributed by atoms with van der Waals surface area (Å²) in [6, 6.07) is 0.660. The van der Waals surface area contributed by atoms with Gasteiger partial charge < -0.3 is 10.4 Å². The van der Waals surface area contributed by atoms with Gasteiger partial charge in [-0.15, -0.1) is 0 Å². The summed E-state index contributed by atoms with van der Waals surface area (Å²) in [6.07, 6.45) is 12.8. The zero-order valence-electron chi connectivity index (χ0n) is 12.3. The van der Waals surface area contributed by atoms with E-state index in [0.29, 0.717) is 6.04 Å². The minimum Gasteiger partial charge on any atom is -0.389 e. The fourth-order valence-electron chi connectivity index (χ4n) is 3.92. The highest BCUT2D eigenvalue weighted by molar-refractivity contribution is 4.88. The first kappa shape index (κ1) is 14.3. The first-order chi connectivity index (χ1) is 8.56. The van der Waals surface area contributed by atoms with Crippen molar-refractivity contribution < 1.29 is 5.11 Å². The molecule has 0 aliphatic heterocycles. The molecule has 0 aromatic carbocycles. The molecule has 18 heavy (non-hydrogen) atoms. The quantitative estimate of drug-likeness (QED) is 0.804. The van der Waals surface area contributed by atoms with Crippen LogP contribution in [0.5, 0.6) is 0 Å². The van der Waals surface area contributed by atoms with Crippen LogP contribution in [-0.2, 0) is 0 Å². The van der Waals surface area contributed by atoms with Crippen molar-refractivity contribution in [3.63, 3.8) is 0 Å². The summed E-state index contributed by atoms with van der Waals surface area (Å²) in [4.78, 5) is 0. The van der Waals surface area contributed by atoms with Gasteiger partial charge in [-0.05, 0) is 38.5 Å². The summed E-state index contributed by atoms with van der Waals surface area (Å²) in [5, 5.41) is 13.5. The lowest BCUT2D eigenvalue weighted by atomic mass is 9.71. The Balaban J connectivity index is 1.88. The Kier molecular flexibility index (Phi) is 5.08. The second kappa shape index (κ2) is 6.38. The topological polar surface area (TPSA) is 32.3 Å². The fourth-order valence-corrected chi connectivity index (χ4v) is 3.92. The molecular weight excluding hydrogens is 222 g/mol. The number of hydrogen-bond acceptors (Lipinski definition) is 2. The van der Waals surface area contributed by atoms with Crippen molar-refractivity contribution in [2.75, 3.05) is 6.54 Å². The monoisotopic (exact) mass is 253 g/mol. The molecule has 0 radical (unpaired) electrons. The van der Waals surface area contributed by atoms with Crippen LogP contribution in [0.2, 0.25) is 0 Å². The second-order valence-corrected chi connectivity index (χ2v) is 7.15. The van der Waals surface area contributed by atoms with Gasteiger partial charge in [0.25, 0.3) is 0 Å². The number of nitrogens with one attached hydrogen (secondary N) is 1. The van der Waals surface area contributed by atoms with Gasteiger partial charge in [-0.3, -0.25) is 0 Å². The fraction of sp³-hybridized carbons (Fsp3) is 1.00. The molecule has 0 aromatic rings. The smallest absolute Gasteiger partial charge is 0.0715 e. The van der Waals surface area contributed by atoms with E-state index in [1.807, 2.05) is 13.8 Å². The normalized spacial score (nSPS) is 31.5. The van der Waals surface area contributed by atoms with Crippen molar-refractivity contribution in [1.29, 1.82) is 0 Å². The number of hydrogen-bond donors (Lipinski definition) is 2. The Morgan fingerprint density at radius 1 is 0.944 bits per heavy atom. The predicted molar refractivity (Wildman–Crippen MR) is 76.6 cm³/mol. The molecule has 2 heteroatoms. The summed E-state index contributed by atoms with van der Waals surface area (Å²) in [6.45, 7) is 4.54. The van der Waals surface area contributed by atoms with Gasteiger partial charge in [0.15, 0.2) is 0 Å². The van der Waals surface area contributed by atoms with Crippen LogP contribution in [0, 0.1) is 11.8 Å². The van der Waals surface area contributed by atoms with E-state index in [2.05, 4.69) is 5.32 Å². The van der Waals surface area contributed by atoms with Gasteiger partial charge in [0.2, 0.25) is 0 Å². The Labute approximate surface area is 113 Å². The molecule has 2 rings (SSSR count). The van der Waals surface area contributed by atoms with Crippen LogP contribution in [0.3, 0.4) is 0 Å². The summed E-state index contributed by atoms with van der Waals surface area (Å²) in [7, 11) is 0. The highest BCUT2D eigenvalue weighted by Crippen LogP contribution is 2.38. The lowest BCUT2D eigenvalue weighted by Crippen LogP contribution is -2.47. The van der Waals surface area contributed by atoms with Crippen molar-refractivity contribution in [1.82, 2.24) is 5.32 Å². The lowest BCUT2D eigenvalue weighted by molar-refractivity contribution is 0.0634. The molecule has 2 unspecified atom stereocenters. The summed E-state index contributed by atoms with van der Waals surface area (Å²) in [5.74, 6) is 1.83. The van der Waals surface area contributed by atoms with Crippen LogP contribution in [0.4, 0.5) is 0 Å². The molecule has 0 amide bonds. The molecule has 0 aromatic heterocycles. The van der Waals surface area contributed by atoms with Crippen LogP contribution in [0.25, 0.3) is 0 Å². The van der Waals surface area contributed by atoms with E-state index in [9.17, 15) is 5.11 Å². The molecule has 2 nitrogen and oxygen atoms in total. The van der Waals surface area contributed by atoms with Gasteiger partial charge in [0, 0.05) is 12.6 Å². The molecule has 2 N–H and O–H groups in total. The predicted octanol–water partition coefficient (Wildman–Crippen LogP) is 3.49. The first-order valence-corrected chi connectivity index (χ1v) is 8.02. The van der Waals surface area contributed by atoms with Gasteiger partial charge >= 0.3 is 0 Å². The SMILES string of the molecule is CC(C)(O)CNC1CCCCC1C1CCCCC1. The minimum atomic E-state index is -0.575. The number of rotatable bonds is 4. The highest BCUT2D eigenvalue weighted by atomic mass is 16.3. The Morgan fingerprint density at radius 3 is 2.22 bits per heavy atom. The summed E-state index contributed by atoms with van der Waals surface area (Å²) >= 11 is 0. The van der Waals surface area contributed by atoms with Gasteiger partial charge in [-0.2, -0.15) is 0 Å². The molecule has 0 spiro atoms. The van der Waals surface area contributed by atoms with Crippen LogP contribution in [-0.4, -0.2) is 23.3 Å². The Hall–Kier alpha value is -0.0800. The largest absolute Gasteiger partial charge is 0.389 e. The van der Waals surface area contributed by atoms with Crippen molar-refractivity contribution >= 4 is 0 Å². The van der Waals surface area contributed by atoms with E-state index in [1.165, 1.54) is 57.8 Å². The Bertz CT molecular complexity index is 240. The van der Waals surface area contributed by atoms with E-state index in [1.54, 1.807) is 0 Å². The zero-order chi connectivity index (χ0) is 13.0. The second-order valence-electron chi connectivity index (χ2n) is 7.15. The Morgan fingerprint density at radius 2 is 1.56 bits per heavy atom. The maximum absolute atomic E-state index is 9.88. The molecule has 2 aliphatic rings. The van der Waals surface area contributed by atoms with Crippen LogP contribution in [0.15, 0.2) is 0 Å². The van der Waals surface area contributed by atoms with Crippen molar-refractivity contribution in [3.8, 4) is 0 Å². The third kappa shape index (κ3) is 4.24. The third-order valence-corrected chi connectivity index (χ3v) is 4.87. The van der Waals surface area contributed by atoms with E-state index in [-0.39, 0.29) is 0 Å². The molecule has 2 fully saturated rings. The summed E-state index contributed by atoms with van der Waals surface area (Å²) in [5.41, 5.74) is -0.575. The van der Waals surface area contributed by atoms with Crippen molar-refractivity contribution in [3.05, 3.63) is 0 Å². The van der Waals surface area contributed by atoms with Crippen LogP contribution >= 0.6 is 0 Å². The van der Waals surface area contributed by atoms with Crippen molar-refractivity contribution in [2.24, 2.45) is 11.8 Å². The zero-order valence-corrected chi connectivity index (χ0v) is 12.3. The standard InChI is InChI=1S/C16H31NO/c1-16(2,18)12-17-15-11-7-6-10-14(15)13-8-4-3-5-9-13/h13-15,17-18H,3-12H2,1-2H3. The van der Waals surface area contributed by atoms with E-state index < -0.39 is 5.60 Å². The molecule has 106 valence electrons. The summed E-state index contributed by atoms with van der Waals surface area (Å²) < 4.78 is 0. The van der Waals surface area contributed by atoms with Gasteiger partial charge in [-0.25, -0.2) is 0 Å². The molecule has 2 atom stereocenters. The van der Waals surface area contributed by atoms with Gasteiger partial charge in [0.05, 0.1) is 5.60 Å². The molecule has 2 aliphatic carbocycles. The minimum absolute atomic E-state index is 0.575. The van der Waals surface area contributed by atoms with Crippen LogP contribution in [0.1, 0.15) is 71.6 Å². The van der Waals surface area contributed by atoms with E-state index in [4.69, 9.17) is 0 Å². The molecule has 0 bridgehead atoms. The van der Waals surface area contributed by atoms with E-state index >= 15 is 0 Å². The third-order valence-electron chi connectivity index (χ3n) is 4.87. The van der Waals surface area contributed by atoms with E-state index in [0.717, 1.165) is 18.4 Å². The van der Waals surface area contributed by atoms with Crippen LogP contribution < -0.4 is 5.32 Å². The first-order valence-electron chi connectivity index (χ1n) is 8.02. The average molecular weight is 253 g/mol. The molecule has 0 saturated heterocycles. The maximum atomic E-state index is 9.88. The average Bonchev–Trinajstić information content (AvgIpc) is 2.37. The highest BCUT2D eigenvalue weighted by Gasteiger charge is 2.32. The van der Waals surface area contributed by atoms with Gasteiger partial charge in [-0.1, -0.05) is 44.9 Å². The number of aliphatic hydroxyl groups is 1. The molecule has 2 saturated carbocycles. The van der Waals surface area contributed by atoms with Gasteiger partial charge in [0.1, 0.15) is 0 Å². The lowest BCUT2D eigenvalue weighted by Gasteiger charge is -2.40. The maximum Gasteiger partial charge on any atom is 0.0715 e.